The van der Waals surface area contributed by atoms with Crippen LogP contribution in [-0.4, -0.2) is 28.3 Å². The molecule has 0 fully saturated rings. The lowest BCUT2D eigenvalue weighted by atomic mass is 10.1. The Hall–Kier alpha value is -0.690. The predicted octanol–water partition coefficient (Wildman–Crippen LogP) is 3.08. The lowest BCUT2D eigenvalue weighted by molar-refractivity contribution is 0.241. The topological polar surface area (TPSA) is 47.1 Å². The standard InChI is InChI=1S/C14H18Br2N4/c1-19(8-10-7-18-20(2)9-10)14(6-17)11-3-4-12(15)13(16)5-11/h3-5,7,9,14H,6,8,17H2,1-2H3. The Kier molecular flexibility index (Phi) is 5.37. The Balaban J connectivity index is 2.16. The molecule has 0 saturated heterocycles. The van der Waals surface area contributed by atoms with Gasteiger partial charge in [0.1, 0.15) is 0 Å². The molecule has 2 N–H and O–H groups in total. The summed E-state index contributed by atoms with van der Waals surface area (Å²) in [6.45, 7) is 1.40. The molecule has 4 nitrogen and oxygen atoms in total. The number of halogens is 2. The lowest BCUT2D eigenvalue weighted by Crippen LogP contribution is -2.30. The van der Waals surface area contributed by atoms with E-state index in [1.165, 1.54) is 11.1 Å². The molecule has 0 aliphatic heterocycles. The molecular weight excluding hydrogens is 384 g/mol. The van der Waals surface area contributed by atoms with Crippen LogP contribution in [0.1, 0.15) is 17.2 Å². The summed E-state index contributed by atoms with van der Waals surface area (Å²) in [7, 11) is 4.01. The first-order chi connectivity index (χ1) is 9.51. The molecular formula is C14H18Br2N4. The summed E-state index contributed by atoms with van der Waals surface area (Å²) >= 11 is 7.03. The number of nitrogens with two attached hydrogens (primary N) is 1. The van der Waals surface area contributed by atoms with E-state index in [1.807, 2.05) is 30.2 Å². The van der Waals surface area contributed by atoms with E-state index in [-0.39, 0.29) is 6.04 Å². The summed E-state index contributed by atoms with van der Waals surface area (Å²) in [5, 5.41) is 4.20. The summed E-state index contributed by atoms with van der Waals surface area (Å²) < 4.78 is 3.91. The summed E-state index contributed by atoms with van der Waals surface area (Å²) in [6.07, 6.45) is 3.92. The first kappa shape index (κ1) is 15.7. The van der Waals surface area contributed by atoms with Crippen LogP contribution in [0.3, 0.4) is 0 Å². The zero-order chi connectivity index (χ0) is 14.7. The van der Waals surface area contributed by atoms with E-state index in [0.29, 0.717) is 6.54 Å². The zero-order valence-electron chi connectivity index (χ0n) is 11.6. The first-order valence-electron chi connectivity index (χ1n) is 6.34. The van der Waals surface area contributed by atoms with E-state index in [4.69, 9.17) is 5.73 Å². The number of hydrogen-bond donors (Lipinski definition) is 1. The molecule has 0 aliphatic carbocycles. The van der Waals surface area contributed by atoms with E-state index in [1.54, 1.807) is 0 Å². The molecule has 1 atom stereocenters. The van der Waals surface area contributed by atoms with Gasteiger partial charge in [-0.3, -0.25) is 9.58 Å². The normalized spacial score (nSPS) is 12.9. The van der Waals surface area contributed by atoms with Gasteiger partial charge in [0.2, 0.25) is 0 Å². The molecule has 0 aliphatic rings. The fourth-order valence-electron chi connectivity index (χ4n) is 2.24. The third-order valence-corrected chi connectivity index (χ3v) is 5.15. The number of likely N-dealkylation sites (N-methyl/N-ethyl adjacent to an activating group) is 1. The van der Waals surface area contributed by atoms with Crippen LogP contribution in [0.5, 0.6) is 0 Å². The van der Waals surface area contributed by atoms with E-state index < -0.39 is 0 Å². The van der Waals surface area contributed by atoms with Gasteiger partial charge < -0.3 is 5.73 Å². The Labute approximate surface area is 136 Å². The van der Waals surface area contributed by atoms with Crippen molar-refractivity contribution < 1.29 is 0 Å². The second kappa shape index (κ2) is 6.85. The average molecular weight is 402 g/mol. The fourth-order valence-corrected chi connectivity index (χ4v) is 2.88. The zero-order valence-corrected chi connectivity index (χ0v) is 14.7. The Morgan fingerprint density at radius 3 is 2.65 bits per heavy atom. The van der Waals surface area contributed by atoms with Crippen molar-refractivity contribution in [2.75, 3.05) is 13.6 Å². The van der Waals surface area contributed by atoms with Gasteiger partial charge in [-0.2, -0.15) is 5.10 Å². The fraction of sp³-hybridized carbons (Fsp3) is 0.357. The van der Waals surface area contributed by atoms with Crippen molar-refractivity contribution in [1.82, 2.24) is 14.7 Å². The maximum Gasteiger partial charge on any atom is 0.0534 e. The molecule has 0 amide bonds. The quantitative estimate of drug-likeness (QED) is 0.837. The van der Waals surface area contributed by atoms with Gasteiger partial charge >= 0.3 is 0 Å². The van der Waals surface area contributed by atoms with E-state index in [0.717, 1.165) is 15.5 Å². The van der Waals surface area contributed by atoms with Gasteiger partial charge in [0.25, 0.3) is 0 Å². The number of benzene rings is 1. The molecule has 1 heterocycles. The van der Waals surface area contributed by atoms with Crippen molar-refractivity contribution in [3.05, 3.63) is 50.7 Å². The molecule has 2 aromatic rings. The van der Waals surface area contributed by atoms with Crippen LogP contribution in [0.15, 0.2) is 39.5 Å². The molecule has 1 aromatic carbocycles. The Morgan fingerprint density at radius 1 is 1.35 bits per heavy atom. The van der Waals surface area contributed by atoms with Crippen molar-refractivity contribution in [1.29, 1.82) is 0 Å². The highest BCUT2D eigenvalue weighted by molar-refractivity contribution is 9.13. The molecule has 0 radical (unpaired) electrons. The van der Waals surface area contributed by atoms with Crippen LogP contribution in [0.25, 0.3) is 0 Å². The smallest absolute Gasteiger partial charge is 0.0534 e. The molecule has 0 saturated carbocycles. The molecule has 20 heavy (non-hydrogen) atoms. The Bertz CT molecular complexity index is 582. The van der Waals surface area contributed by atoms with Crippen LogP contribution in [0.2, 0.25) is 0 Å². The maximum atomic E-state index is 5.96. The summed E-state index contributed by atoms with van der Waals surface area (Å²) in [6, 6.07) is 6.44. The van der Waals surface area contributed by atoms with Crippen LogP contribution in [0.4, 0.5) is 0 Å². The number of hydrogen-bond acceptors (Lipinski definition) is 3. The van der Waals surface area contributed by atoms with Gasteiger partial charge in [-0.25, -0.2) is 0 Å². The molecule has 1 unspecified atom stereocenters. The largest absolute Gasteiger partial charge is 0.329 e. The highest BCUT2D eigenvalue weighted by atomic mass is 79.9. The van der Waals surface area contributed by atoms with Gasteiger partial charge in [-0.05, 0) is 56.6 Å². The van der Waals surface area contributed by atoms with Crippen molar-refractivity contribution in [2.45, 2.75) is 12.6 Å². The van der Waals surface area contributed by atoms with Crippen LogP contribution >= 0.6 is 31.9 Å². The van der Waals surface area contributed by atoms with E-state index in [9.17, 15) is 0 Å². The van der Waals surface area contributed by atoms with Crippen molar-refractivity contribution in [3.63, 3.8) is 0 Å². The third-order valence-electron chi connectivity index (χ3n) is 3.27. The summed E-state index contributed by atoms with van der Waals surface area (Å²) in [4.78, 5) is 2.24. The molecule has 2 rings (SSSR count). The molecule has 6 heteroatoms. The van der Waals surface area contributed by atoms with E-state index in [2.05, 4.69) is 61.0 Å². The van der Waals surface area contributed by atoms with Crippen molar-refractivity contribution >= 4 is 31.9 Å². The predicted molar refractivity (Wildman–Crippen MR) is 88.3 cm³/mol. The first-order valence-corrected chi connectivity index (χ1v) is 7.92. The van der Waals surface area contributed by atoms with Crippen molar-refractivity contribution in [2.24, 2.45) is 12.8 Å². The Morgan fingerprint density at radius 2 is 2.10 bits per heavy atom. The molecule has 1 aromatic heterocycles. The highest BCUT2D eigenvalue weighted by Crippen LogP contribution is 2.28. The number of rotatable bonds is 5. The van der Waals surface area contributed by atoms with Crippen molar-refractivity contribution in [3.8, 4) is 0 Å². The van der Waals surface area contributed by atoms with Gasteiger partial charge in [0.15, 0.2) is 0 Å². The van der Waals surface area contributed by atoms with Crippen LogP contribution < -0.4 is 5.73 Å². The monoisotopic (exact) mass is 400 g/mol. The van der Waals surface area contributed by atoms with Crippen LogP contribution in [-0.2, 0) is 13.6 Å². The minimum absolute atomic E-state index is 0.180. The van der Waals surface area contributed by atoms with Gasteiger partial charge in [-0.1, -0.05) is 6.07 Å². The number of aromatic nitrogens is 2. The summed E-state index contributed by atoms with van der Waals surface area (Å²) in [5.41, 5.74) is 8.35. The lowest BCUT2D eigenvalue weighted by Gasteiger charge is -2.27. The van der Waals surface area contributed by atoms with Gasteiger partial charge in [-0.15, -0.1) is 0 Å². The van der Waals surface area contributed by atoms with Gasteiger partial charge in [0.05, 0.1) is 6.20 Å². The summed E-state index contributed by atoms with van der Waals surface area (Å²) in [5.74, 6) is 0. The number of aryl methyl sites for hydroxylation is 1. The average Bonchev–Trinajstić information content (AvgIpc) is 2.80. The minimum atomic E-state index is 0.180. The molecule has 0 bridgehead atoms. The molecule has 0 spiro atoms. The maximum absolute atomic E-state index is 5.96. The highest BCUT2D eigenvalue weighted by Gasteiger charge is 2.17. The minimum Gasteiger partial charge on any atom is -0.329 e. The number of nitrogens with zero attached hydrogens (tertiary/aromatic N) is 3. The van der Waals surface area contributed by atoms with E-state index >= 15 is 0 Å². The SMILES string of the molecule is CN(Cc1cnn(C)c1)C(CN)c1ccc(Br)c(Br)c1. The van der Waals surface area contributed by atoms with Crippen LogP contribution in [0, 0.1) is 0 Å². The second-order valence-corrected chi connectivity index (χ2v) is 6.57. The van der Waals surface area contributed by atoms with Gasteiger partial charge in [0, 0.05) is 46.9 Å². The third kappa shape index (κ3) is 3.69. The second-order valence-electron chi connectivity index (χ2n) is 4.86. The molecule has 108 valence electrons.